The number of carbonyl (C=O) groups is 1. The molecular formula is C18H15ClN2O2S. The van der Waals surface area contributed by atoms with Gasteiger partial charge in [0.15, 0.2) is 5.15 Å². The lowest BCUT2D eigenvalue weighted by Gasteiger charge is -2.06. The number of carbonyl (C=O) groups excluding carboxylic acids is 1. The van der Waals surface area contributed by atoms with E-state index in [1.165, 1.54) is 18.7 Å². The van der Waals surface area contributed by atoms with E-state index in [-0.39, 0.29) is 5.97 Å². The van der Waals surface area contributed by atoms with Crippen LogP contribution in [0.2, 0.25) is 5.15 Å². The topological polar surface area (TPSA) is 55.0 Å². The molecule has 2 aromatic carbocycles. The molecule has 0 atom stereocenters. The van der Waals surface area contributed by atoms with Crippen molar-refractivity contribution < 1.29 is 9.53 Å². The van der Waals surface area contributed by atoms with E-state index in [4.69, 9.17) is 16.3 Å². The highest BCUT2D eigenvalue weighted by atomic mass is 35.5. The predicted octanol–water partition coefficient (Wildman–Crippen LogP) is 5.01. The number of aromatic nitrogens is 2. The van der Waals surface area contributed by atoms with Crippen LogP contribution in [0.25, 0.3) is 22.4 Å². The molecule has 0 radical (unpaired) electrons. The maximum Gasteiger partial charge on any atom is 0.303 e. The second-order valence-electron chi connectivity index (χ2n) is 5.05. The van der Waals surface area contributed by atoms with Gasteiger partial charge in [-0.3, -0.25) is 9.89 Å². The lowest BCUT2D eigenvalue weighted by Crippen LogP contribution is -1.96. The summed E-state index contributed by atoms with van der Waals surface area (Å²) in [5.74, 6) is 0.0264. The standard InChI is InChI=1S/C18H15ClN2O2S/c1-12(22)23-11-24-15-9-7-14(8-10-15)17-16(18(19)21-20-17)13-5-3-2-4-6-13/h2-10H,11H2,1H3,(H,20,21). The fourth-order valence-electron chi connectivity index (χ4n) is 2.30. The zero-order chi connectivity index (χ0) is 16.9. The van der Waals surface area contributed by atoms with Crippen LogP contribution in [0.1, 0.15) is 6.92 Å². The summed E-state index contributed by atoms with van der Waals surface area (Å²) in [6.45, 7) is 1.40. The Hall–Kier alpha value is -2.24. The van der Waals surface area contributed by atoms with Gasteiger partial charge in [-0.1, -0.05) is 65.8 Å². The molecule has 1 heterocycles. The molecule has 1 aromatic heterocycles. The Morgan fingerprint density at radius 3 is 2.50 bits per heavy atom. The van der Waals surface area contributed by atoms with Crippen molar-refractivity contribution >= 4 is 29.3 Å². The summed E-state index contributed by atoms with van der Waals surface area (Å²) in [4.78, 5) is 11.8. The first kappa shape index (κ1) is 16.6. The molecule has 0 saturated carbocycles. The first-order valence-electron chi connectivity index (χ1n) is 7.31. The first-order chi connectivity index (χ1) is 11.6. The molecule has 6 heteroatoms. The van der Waals surface area contributed by atoms with Gasteiger partial charge in [-0.2, -0.15) is 5.10 Å². The Kier molecular flexibility index (Phi) is 5.23. The number of benzene rings is 2. The Labute approximate surface area is 149 Å². The summed E-state index contributed by atoms with van der Waals surface area (Å²) >= 11 is 7.73. The van der Waals surface area contributed by atoms with Gasteiger partial charge in [-0.25, -0.2) is 0 Å². The monoisotopic (exact) mass is 358 g/mol. The molecule has 0 spiro atoms. The number of thioether (sulfide) groups is 1. The number of nitrogens with zero attached hydrogens (tertiary/aromatic N) is 1. The summed E-state index contributed by atoms with van der Waals surface area (Å²) < 4.78 is 4.93. The quantitative estimate of drug-likeness (QED) is 0.395. The van der Waals surface area contributed by atoms with Gasteiger partial charge in [-0.15, -0.1) is 0 Å². The number of nitrogens with one attached hydrogen (secondary N) is 1. The summed E-state index contributed by atoms with van der Waals surface area (Å²) in [7, 11) is 0. The molecule has 0 unspecified atom stereocenters. The van der Waals surface area contributed by atoms with E-state index in [1.807, 2.05) is 54.6 Å². The number of hydrogen-bond donors (Lipinski definition) is 1. The van der Waals surface area contributed by atoms with Gasteiger partial charge in [0.1, 0.15) is 5.94 Å². The summed E-state index contributed by atoms with van der Waals surface area (Å²) in [6.07, 6.45) is 0. The minimum Gasteiger partial charge on any atom is -0.454 e. The number of aromatic amines is 1. The fraction of sp³-hybridized carbons (Fsp3) is 0.111. The fourth-order valence-corrected chi connectivity index (χ4v) is 3.23. The number of hydrogen-bond acceptors (Lipinski definition) is 4. The van der Waals surface area contributed by atoms with Crippen molar-refractivity contribution in [1.29, 1.82) is 0 Å². The van der Waals surface area contributed by atoms with Gasteiger partial charge in [0.05, 0.1) is 5.69 Å². The predicted molar refractivity (Wildman–Crippen MR) is 97.0 cm³/mol. The van der Waals surface area contributed by atoms with Crippen molar-refractivity contribution in [3.8, 4) is 22.4 Å². The van der Waals surface area contributed by atoms with Crippen LogP contribution in [0, 0.1) is 0 Å². The van der Waals surface area contributed by atoms with Gasteiger partial charge >= 0.3 is 5.97 Å². The molecule has 0 amide bonds. The van der Waals surface area contributed by atoms with E-state index in [2.05, 4.69) is 10.2 Å². The zero-order valence-corrected chi connectivity index (χ0v) is 14.5. The highest BCUT2D eigenvalue weighted by molar-refractivity contribution is 7.99. The summed E-state index contributed by atoms with van der Waals surface area (Å²) in [5, 5.41) is 7.60. The maximum atomic E-state index is 10.8. The minimum absolute atomic E-state index is 0.279. The average molecular weight is 359 g/mol. The Bertz CT molecular complexity index is 832. The third-order valence-electron chi connectivity index (χ3n) is 3.42. The van der Waals surface area contributed by atoms with Crippen LogP contribution in [0.4, 0.5) is 0 Å². The third-order valence-corrected chi connectivity index (χ3v) is 4.53. The van der Waals surface area contributed by atoms with Gasteiger partial charge < -0.3 is 4.74 Å². The second-order valence-corrected chi connectivity index (χ2v) is 6.41. The number of halogens is 1. The van der Waals surface area contributed by atoms with Crippen LogP contribution in [0.15, 0.2) is 59.5 Å². The largest absolute Gasteiger partial charge is 0.454 e. The molecular weight excluding hydrogens is 344 g/mol. The van der Waals surface area contributed by atoms with E-state index in [0.717, 1.165) is 27.3 Å². The summed E-state index contributed by atoms with van der Waals surface area (Å²) in [5.41, 5.74) is 3.77. The third kappa shape index (κ3) is 3.80. The molecule has 0 aliphatic carbocycles. The van der Waals surface area contributed by atoms with E-state index in [9.17, 15) is 4.79 Å². The molecule has 0 saturated heterocycles. The van der Waals surface area contributed by atoms with Crippen molar-refractivity contribution in [2.45, 2.75) is 11.8 Å². The Morgan fingerprint density at radius 1 is 1.12 bits per heavy atom. The molecule has 122 valence electrons. The van der Waals surface area contributed by atoms with Gasteiger partial charge in [0, 0.05) is 22.9 Å². The zero-order valence-electron chi connectivity index (χ0n) is 13.0. The highest BCUT2D eigenvalue weighted by Crippen LogP contribution is 2.36. The van der Waals surface area contributed by atoms with E-state index in [1.54, 1.807) is 0 Å². The van der Waals surface area contributed by atoms with E-state index in [0.29, 0.717) is 11.1 Å². The van der Waals surface area contributed by atoms with Crippen molar-refractivity contribution in [3.63, 3.8) is 0 Å². The smallest absolute Gasteiger partial charge is 0.303 e. The Morgan fingerprint density at radius 2 is 1.83 bits per heavy atom. The number of H-pyrrole nitrogens is 1. The van der Waals surface area contributed by atoms with Gasteiger partial charge in [-0.05, 0) is 17.7 Å². The van der Waals surface area contributed by atoms with Crippen molar-refractivity contribution in [2.24, 2.45) is 0 Å². The molecule has 0 aliphatic rings. The molecule has 0 aliphatic heterocycles. The molecule has 3 rings (SSSR count). The van der Waals surface area contributed by atoms with Crippen LogP contribution in [0.5, 0.6) is 0 Å². The number of esters is 1. The van der Waals surface area contributed by atoms with E-state index < -0.39 is 0 Å². The minimum atomic E-state index is -0.279. The lowest BCUT2D eigenvalue weighted by atomic mass is 10.0. The second kappa shape index (κ2) is 7.55. The first-order valence-corrected chi connectivity index (χ1v) is 8.67. The van der Waals surface area contributed by atoms with Crippen LogP contribution in [-0.2, 0) is 9.53 Å². The van der Waals surface area contributed by atoms with Crippen LogP contribution in [-0.4, -0.2) is 22.1 Å². The molecule has 4 nitrogen and oxygen atoms in total. The van der Waals surface area contributed by atoms with Crippen LogP contribution in [0.3, 0.4) is 0 Å². The molecule has 3 aromatic rings. The normalized spacial score (nSPS) is 10.6. The molecule has 0 fully saturated rings. The van der Waals surface area contributed by atoms with Gasteiger partial charge in [0.25, 0.3) is 0 Å². The van der Waals surface area contributed by atoms with Crippen LogP contribution < -0.4 is 0 Å². The van der Waals surface area contributed by atoms with Crippen LogP contribution >= 0.6 is 23.4 Å². The molecule has 0 bridgehead atoms. The SMILES string of the molecule is CC(=O)OCSc1ccc(-c2[nH]nc(Cl)c2-c2ccccc2)cc1. The number of rotatable bonds is 5. The van der Waals surface area contributed by atoms with Gasteiger partial charge in [0.2, 0.25) is 0 Å². The number of ether oxygens (including phenoxy) is 1. The Balaban J connectivity index is 1.84. The molecule has 24 heavy (non-hydrogen) atoms. The van der Waals surface area contributed by atoms with Crippen molar-refractivity contribution in [1.82, 2.24) is 10.2 Å². The van der Waals surface area contributed by atoms with Crippen molar-refractivity contribution in [2.75, 3.05) is 5.94 Å². The molecule has 1 N–H and O–H groups in total. The average Bonchev–Trinajstić information content (AvgIpc) is 2.97. The summed E-state index contributed by atoms with van der Waals surface area (Å²) in [6, 6.07) is 17.9. The van der Waals surface area contributed by atoms with Crippen molar-refractivity contribution in [3.05, 3.63) is 59.8 Å². The van der Waals surface area contributed by atoms with E-state index >= 15 is 0 Å². The maximum absolute atomic E-state index is 10.8. The highest BCUT2D eigenvalue weighted by Gasteiger charge is 2.15. The lowest BCUT2D eigenvalue weighted by molar-refractivity contribution is -0.138.